The molecule has 1 N–H and O–H groups in total. The number of hydrogen-bond donors (Lipinski definition) is 1. The van der Waals surface area contributed by atoms with Crippen LogP contribution in [0, 0.1) is 0 Å². The van der Waals surface area contributed by atoms with Crippen molar-refractivity contribution in [1.82, 2.24) is 0 Å². The smallest absolute Gasteiger partial charge is 0.156 e. The van der Waals surface area contributed by atoms with E-state index in [2.05, 4.69) is 6.92 Å². The summed E-state index contributed by atoms with van der Waals surface area (Å²) in [6.45, 7) is 2.10. The monoisotopic (exact) mass is 294 g/mol. The van der Waals surface area contributed by atoms with Gasteiger partial charge in [-0.25, -0.2) is 8.42 Å². The molecule has 2 saturated heterocycles. The molecule has 3 nitrogen and oxygen atoms in total. The molecule has 3 rings (SSSR count). The minimum Gasteiger partial charge on any atom is -0.385 e. The highest BCUT2D eigenvalue weighted by Gasteiger charge is 2.50. The normalized spacial score (nSPS) is 35.7. The fourth-order valence-electron chi connectivity index (χ4n) is 3.73. The lowest BCUT2D eigenvalue weighted by molar-refractivity contribution is 0.00500. The van der Waals surface area contributed by atoms with Gasteiger partial charge in [0.15, 0.2) is 9.84 Å². The van der Waals surface area contributed by atoms with Crippen LogP contribution in [0.25, 0.3) is 0 Å². The molecule has 2 unspecified atom stereocenters. The second-order valence-electron chi connectivity index (χ2n) is 6.25. The molecule has 0 spiro atoms. The molecule has 110 valence electrons. The second-order valence-corrected chi connectivity index (χ2v) is 8.77. The number of sulfone groups is 1. The van der Waals surface area contributed by atoms with E-state index in [-0.39, 0.29) is 10.5 Å². The molecule has 1 aromatic carbocycles. The molecule has 2 fully saturated rings. The van der Waals surface area contributed by atoms with Crippen LogP contribution in [0.4, 0.5) is 0 Å². The molecule has 2 heterocycles. The minimum atomic E-state index is -3.02. The van der Waals surface area contributed by atoms with E-state index < -0.39 is 15.4 Å². The van der Waals surface area contributed by atoms with Crippen molar-refractivity contribution in [3.05, 3.63) is 35.4 Å². The van der Waals surface area contributed by atoms with Crippen molar-refractivity contribution >= 4 is 9.84 Å². The molecule has 4 heteroatoms. The zero-order valence-electron chi connectivity index (χ0n) is 11.9. The van der Waals surface area contributed by atoms with Crippen LogP contribution in [0.15, 0.2) is 24.3 Å². The van der Waals surface area contributed by atoms with E-state index in [4.69, 9.17) is 0 Å². The summed E-state index contributed by atoms with van der Waals surface area (Å²) in [4.78, 5) is 0. The standard InChI is InChI=1S/C16H22O3S/c1-2-12-6-8-13(9-7-12)16(17)10-14-4-3-5-15(11-16)20(14,18)19/h6-9,14-15,17H,2-5,10-11H2,1H3. The van der Waals surface area contributed by atoms with E-state index in [1.165, 1.54) is 5.56 Å². The number of rotatable bonds is 2. The highest BCUT2D eigenvalue weighted by Crippen LogP contribution is 2.46. The Bertz CT molecular complexity index is 569. The number of benzene rings is 1. The molecule has 2 bridgehead atoms. The molecule has 0 radical (unpaired) electrons. The van der Waals surface area contributed by atoms with Gasteiger partial charge in [0.1, 0.15) is 0 Å². The van der Waals surface area contributed by atoms with Gasteiger partial charge in [-0.1, -0.05) is 37.6 Å². The lowest BCUT2D eigenvalue weighted by Gasteiger charge is -2.44. The van der Waals surface area contributed by atoms with Gasteiger partial charge in [0.25, 0.3) is 0 Å². The van der Waals surface area contributed by atoms with E-state index in [1.54, 1.807) is 0 Å². The summed E-state index contributed by atoms with van der Waals surface area (Å²) in [5.41, 5.74) is 1.15. The fraction of sp³-hybridized carbons (Fsp3) is 0.625. The molecular formula is C16H22O3S. The maximum Gasteiger partial charge on any atom is 0.156 e. The summed E-state index contributed by atoms with van der Waals surface area (Å²) >= 11 is 0. The van der Waals surface area contributed by atoms with Gasteiger partial charge >= 0.3 is 0 Å². The summed E-state index contributed by atoms with van der Waals surface area (Å²) in [6.07, 6.45) is 4.06. The third-order valence-electron chi connectivity index (χ3n) is 5.01. The Morgan fingerprint density at radius 3 is 2.20 bits per heavy atom. The van der Waals surface area contributed by atoms with Crippen molar-refractivity contribution in [3.63, 3.8) is 0 Å². The average Bonchev–Trinajstić information content (AvgIpc) is 2.41. The van der Waals surface area contributed by atoms with Crippen LogP contribution in [0.5, 0.6) is 0 Å². The Morgan fingerprint density at radius 1 is 1.15 bits per heavy atom. The minimum absolute atomic E-state index is 0.356. The topological polar surface area (TPSA) is 54.4 Å². The van der Waals surface area contributed by atoms with Crippen molar-refractivity contribution in [1.29, 1.82) is 0 Å². The maximum absolute atomic E-state index is 12.3. The maximum atomic E-state index is 12.3. The van der Waals surface area contributed by atoms with E-state index in [1.807, 2.05) is 24.3 Å². The van der Waals surface area contributed by atoms with Crippen LogP contribution in [-0.4, -0.2) is 24.0 Å². The summed E-state index contributed by atoms with van der Waals surface area (Å²) in [5.74, 6) is 0. The number of hydrogen-bond acceptors (Lipinski definition) is 3. The van der Waals surface area contributed by atoms with Crippen LogP contribution in [-0.2, 0) is 21.9 Å². The Balaban J connectivity index is 1.93. The molecule has 1 aromatic rings. The van der Waals surface area contributed by atoms with Crippen LogP contribution < -0.4 is 0 Å². The summed E-state index contributed by atoms with van der Waals surface area (Å²) < 4.78 is 24.6. The zero-order chi connectivity index (χ0) is 14.4. The first-order chi connectivity index (χ1) is 9.45. The van der Waals surface area contributed by atoms with Crippen molar-refractivity contribution in [2.75, 3.05) is 0 Å². The zero-order valence-corrected chi connectivity index (χ0v) is 12.7. The van der Waals surface area contributed by atoms with E-state index in [0.29, 0.717) is 25.7 Å². The van der Waals surface area contributed by atoms with Gasteiger partial charge in [-0.2, -0.15) is 0 Å². The van der Waals surface area contributed by atoms with Crippen molar-refractivity contribution < 1.29 is 13.5 Å². The summed E-state index contributed by atoms with van der Waals surface area (Å²) in [7, 11) is -3.02. The molecule has 0 amide bonds. The molecular weight excluding hydrogens is 272 g/mol. The van der Waals surface area contributed by atoms with Crippen LogP contribution >= 0.6 is 0 Å². The predicted molar refractivity (Wildman–Crippen MR) is 79.3 cm³/mol. The van der Waals surface area contributed by atoms with Gasteiger partial charge in [-0.3, -0.25) is 0 Å². The number of aryl methyl sites for hydroxylation is 1. The van der Waals surface area contributed by atoms with Gasteiger partial charge in [0, 0.05) is 0 Å². The van der Waals surface area contributed by atoms with Gasteiger partial charge in [0.05, 0.1) is 16.1 Å². The Morgan fingerprint density at radius 2 is 1.70 bits per heavy atom. The molecule has 2 aliphatic heterocycles. The van der Waals surface area contributed by atoms with E-state index in [9.17, 15) is 13.5 Å². The number of fused-ring (bicyclic) bond motifs is 2. The van der Waals surface area contributed by atoms with E-state index >= 15 is 0 Å². The molecule has 2 aliphatic rings. The number of aliphatic hydroxyl groups is 1. The Hall–Kier alpha value is -0.870. The fourth-order valence-corrected chi connectivity index (χ4v) is 6.28. The van der Waals surface area contributed by atoms with Crippen LogP contribution in [0.1, 0.15) is 50.2 Å². The lowest BCUT2D eigenvalue weighted by Crippen LogP contribution is -2.50. The Labute approximate surface area is 120 Å². The largest absolute Gasteiger partial charge is 0.385 e. The van der Waals surface area contributed by atoms with Crippen LogP contribution in [0.3, 0.4) is 0 Å². The predicted octanol–water partition coefficient (Wildman–Crippen LogP) is 2.57. The Kier molecular flexibility index (Phi) is 3.41. The molecule has 20 heavy (non-hydrogen) atoms. The van der Waals surface area contributed by atoms with E-state index in [0.717, 1.165) is 18.4 Å². The van der Waals surface area contributed by atoms with Crippen molar-refractivity contribution in [2.24, 2.45) is 0 Å². The van der Waals surface area contributed by atoms with Gasteiger partial charge < -0.3 is 5.11 Å². The highest BCUT2D eigenvalue weighted by atomic mass is 32.2. The van der Waals surface area contributed by atoms with Crippen molar-refractivity contribution in [2.45, 2.75) is 61.5 Å². The summed E-state index contributed by atoms with van der Waals surface area (Å²) in [5, 5.41) is 10.3. The van der Waals surface area contributed by atoms with Gasteiger partial charge in [-0.05, 0) is 43.2 Å². The first-order valence-corrected chi connectivity index (χ1v) is 9.11. The first-order valence-electron chi connectivity index (χ1n) is 7.50. The molecule has 0 saturated carbocycles. The van der Waals surface area contributed by atoms with Gasteiger partial charge in [-0.15, -0.1) is 0 Å². The highest BCUT2D eigenvalue weighted by molar-refractivity contribution is 7.92. The molecule has 0 aromatic heterocycles. The molecule has 0 aliphatic carbocycles. The molecule has 2 atom stereocenters. The second kappa shape index (κ2) is 4.85. The third-order valence-corrected chi connectivity index (χ3v) is 7.67. The average molecular weight is 294 g/mol. The quantitative estimate of drug-likeness (QED) is 0.912. The van der Waals surface area contributed by atoms with Crippen LogP contribution in [0.2, 0.25) is 0 Å². The van der Waals surface area contributed by atoms with Gasteiger partial charge in [0.2, 0.25) is 0 Å². The third kappa shape index (κ3) is 2.19. The summed E-state index contributed by atoms with van der Waals surface area (Å²) in [6, 6.07) is 8.00. The SMILES string of the molecule is CCc1ccc(C2(O)CC3CCCC(C2)S3(=O)=O)cc1. The van der Waals surface area contributed by atoms with Crippen molar-refractivity contribution in [3.8, 4) is 0 Å². The lowest BCUT2D eigenvalue weighted by atomic mass is 9.80. The first kappa shape index (κ1) is 14.1.